The van der Waals surface area contributed by atoms with E-state index in [2.05, 4.69) is 107 Å². The van der Waals surface area contributed by atoms with Crippen LogP contribution in [-0.2, 0) is 0 Å². The lowest BCUT2D eigenvalue weighted by Gasteiger charge is -2.13. The van der Waals surface area contributed by atoms with Gasteiger partial charge in [-0.15, -0.1) is 0 Å². The van der Waals surface area contributed by atoms with Crippen LogP contribution < -0.4 is 0 Å². The Morgan fingerprint density at radius 3 is 1.57 bits per heavy atom. The molecule has 0 saturated heterocycles. The Kier molecular flexibility index (Phi) is 5.89. The van der Waals surface area contributed by atoms with Crippen LogP contribution in [-0.4, -0.2) is 27.2 Å². The molecule has 198 valence electrons. The van der Waals surface area contributed by atoms with Gasteiger partial charge < -0.3 is 0 Å². The Morgan fingerprint density at radius 2 is 1.02 bits per heavy atom. The van der Waals surface area contributed by atoms with Crippen molar-refractivity contribution in [3.8, 4) is 33.8 Å². The maximum Gasteiger partial charge on any atom is 0.0717 e. The third kappa shape index (κ3) is 4.25. The molecular weight excluding hydrogens is 512 g/mol. The summed E-state index contributed by atoms with van der Waals surface area (Å²) in [5.41, 5.74) is 8.11. The number of benzene rings is 4. The highest BCUT2D eigenvalue weighted by Crippen LogP contribution is 2.38. The summed E-state index contributed by atoms with van der Waals surface area (Å²) in [4.78, 5) is 18.7. The van der Waals surface area contributed by atoms with Gasteiger partial charge in [0.05, 0.1) is 22.8 Å². The lowest BCUT2D eigenvalue weighted by atomic mass is 9.91. The Labute approximate surface area is 243 Å². The molecule has 4 heterocycles. The molecule has 0 atom stereocenters. The topological polar surface area (TPSA) is 51.0 Å². The van der Waals surface area contributed by atoms with Gasteiger partial charge in [0.15, 0.2) is 0 Å². The van der Waals surface area contributed by atoms with E-state index in [1.54, 1.807) is 0 Å². The molecule has 0 spiro atoms. The summed E-state index contributed by atoms with van der Waals surface area (Å²) in [7, 11) is 0. The quantitative estimate of drug-likeness (QED) is 0.210. The van der Waals surface area contributed by atoms with Gasteiger partial charge in [-0.1, -0.05) is 60.7 Å². The van der Waals surface area contributed by atoms with E-state index < -0.39 is 0 Å². The minimum absolute atomic E-state index is 0.843. The van der Waals surface area contributed by atoms with Crippen LogP contribution in [0.2, 0.25) is 0 Å². The van der Waals surface area contributed by atoms with E-state index in [1.807, 2.05) is 36.8 Å². The zero-order valence-corrected chi connectivity index (χ0v) is 22.9. The molecule has 1 aliphatic heterocycles. The number of rotatable bonds is 4. The number of fused-ring (bicyclic) bond motifs is 6. The van der Waals surface area contributed by atoms with Gasteiger partial charge in [-0.05, 0) is 93.3 Å². The van der Waals surface area contributed by atoms with Gasteiger partial charge in [-0.2, -0.15) is 0 Å². The lowest BCUT2D eigenvalue weighted by molar-refractivity contribution is 0.993. The van der Waals surface area contributed by atoms with E-state index in [4.69, 9.17) is 9.97 Å². The molecule has 0 saturated carbocycles. The molecule has 3 aromatic heterocycles. The smallest absolute Gasteiger partial charge is 0.0717 e. The second-order valence-electron chi connectivity index (χ2n) is 10.6. The zero-order valence-electron chi connectivity index (χ0n) is 22.9. The van der Waals surface area contributed by atoms with Gasteiger partial charge in [0, 0.05) is 47.4 Å². The number of dihydropyridines is 1. The van der Waals surface area contributed by atoms with Crippen LogP contribution >= 0.6 is 0 Å². The van der Waals surface area contributed by atoms with E-state index in [-0.39, 0.29) is 0 Å². The van der Waals surface area contributed by atoms with Crippen LogP contribution in [0, 0.1) is 0 Å². The minimum Gasteiger partial charge on any atom is -0.284 e. The maximum absolute atomic E-state index is 4.82. The third-order valence-electron chi connectivity index (χ3n) is 8.07. The third-order valence-corrected chi connectivity index (χ3v) is 8.07. The molecule has 0 bridgehead atoms. The summed E-state index contributed by atoms with van der Waals surface area (Å²) >= 11 is 0. The predicted octanol–water partition coefficient (Wildman–Crippen LogP) is 9.08. The number of allylic oxidation sites excluding steroid dienone is 1. The zero-order chi connectivity index (χ0) is 27.9. The van der Waals surface area contributed by atoms with E-state index in [1.165, 1.54) is 32.3 Å². The van der Waals surface area contributed by atoms with Crippen molar-refractivity contribution in [3.05, 3.63) is 139 Å². The highest BCUT2D eigenvalue weighted by atomic mass is 14.7. The number of hydrogen-bond donors (Lipinski definition) is 0. The molecule has 1 aliphatic rings. The van der Waals surface area contributed by atoms with Crippen molar-refractivity contribution < 1.29 is 0 Å². The van der Waals surface area contributed by atoms with E-state index in [9.17, 15) is 0 Å². The first-order valence-electron chi connectivity index (χ1n) is 14.3. The molecule has 42 heavy (non-hydrogen) atoms. The van der Waals surface area contributed by atoms with E-state index in [0.29, 0.717) is 0 Å². The molecule has 0 N–H and O–H groups in total. The second kappa shape index (κ2) is 10.2. The Hall–Kier alpha value is -5.48. The molecule has 0 fully saturated rings. The van der Waals surface area contributed by atoms with Gasteiger partial charge in [0.2, 0.25) is 0 Å². The lowest BCUT2D eigenvalue weighted by Crippen LogP contribution is -2.02. The summed E-state index contributed by atoms with van der Waals surface area (Å²) in [5.74, 6) is 0. The first-order valence-corrected chi connectivity index (χ1v) is 14.3. The van der Waals surface area contributed by atoms with Gasteiger partial charge in [-0.3, -0.25) is 19.9 Å². The average Bonchev–Trinajstić information content (AvgIpc) is 3.09. The first kappa shape index (κ1) is 24.3. The first-order chi connectivity index (χ1) is 20.8. The predicted molar refractivity (Wildman–Crippen MR) is 174 cm³/mol. The van der Waals surface area contributed by atoms with Crippen molar-refractivity contribution in [1.82, 2.24) is 15.0 Å². The fourth-order valence-corrected chi connectivity index (χ4v) is 5.94. The van der Waals surface area contributed by atoms with E-state index in [0.717, 1.165) is 58.0 Å². The molecule has 0 radical (unpaired) electrons. The molecule has 0 aliphatic carbocycles. The van der Waals surface area contributed by atoms with Crippen molar-refractivity contribution in [1.29, 1.82) is 0 Å². The summed E-state index contributed by atoms with van der Waals surface area (Å²) in [6.07, 6.45) is 10.9. The van der Waals surface area contributed by atoms with Gasteiger partial charge in [-0.25, -0.2) is 0 Å². The molecular formula is C38H26N4. The average molecular weight is 539 g/mol. The highest BCUT2D eigenvalue weighted by Gasteiger charge is 2.13. The number of aromatic nitrogens is 3. The number of nitrogens with zero attached hydrogens (tertiary/aromatic N) is 4. The Morgan fingerprint density at radius 1 is 0.452 bits per heavy atom. The van der Waals surface area contributed by atoms with Crippen LogP contribution in [0.3, 0.4) is 0 Å². The normalized spacial score (nSPS) is 13.1. The minimum atomic E-state index is 0.843. The largest absolute Gasteiger partial charge is 0.284 e. The van der Waals surface area contributed by atoms with Crippen molar-refractivity contribution in [2.45, 2.75) is 6.42 Å². The summed E-state index contributed by atoms with van der Waals surface area (Å²) in [6.45, 7) is 0.843. The molecule has 0 unspecified atom stereocenters. The second-order valence-corrected chi connectivity index (χ2v) is 10.6. The monoisotopic (exact) mass is 538 g/mol. The fourth-order valence-electron chi connectivity index (χ4n) is 5.94. The molecule has 4 aromatic carbocycles. The molecule has 7 aromatic rings. The van der Waals surface area contributed by atoms with Crippen LogP contribution in [0.15, 0.2) is 139 Å². The van der Waals surface area contributed by atoms with Crippen molar-refractivity contribution in [3.63, 3.8) is 0 Å². The molecule has 4 nitrogen and oxygen atoms in total. The van der Waals surface area contributed by atoms with Crippen LogP contribution in [0.25, 0.3) is 66.1 Å². The van der Waals surface area contributed by atoms with E-state index >= 15 is 0 Å². The van der Waals surface area contributed by atoms with Gasteiger partial charge in [0.25, 0.3) is 0 Å². The Balaban J connectivity index is 1.22. The van der Waals surface area contributed by atoms with Gasteiger partial charge in [0.1, 0.15) is 0 Å². The van der Waals surface area contributed by atoms with Crippen molar-refractivity contribution in [2.75, 3.05) is 6.54 Å². The SMILES string of the molecule is C1=CC(c2ccc(-c3ccc4c5ccc(-c6ccc(-c7ccccn7)cn6)cc5c5ccccc5c4c3)nc2)=NCC1. The van der Waals surface area contributed by atoms with Crippen LogP contribution in [0.1, 0.15) is 12.0 Å². The van der Waals surface area contributed by atoms with Gasteiger partial charge >= 0.3 is 0 Å². The maximum atomic E-state index is 4.82. The summed E-state index contributed by atoms with van der Waals surface area (Å²) < 4.78 is 0. The van der Waals surface area contributed by atoms with Crippen molar-refractivity contribution >= 4 is 38.0 Å². The fraction of sp³-hybridized carbons (Fsp3) is 0.0526. The van der Waals surface area contributed by atoms with Crippen molar-refractivity contribution in [2.24, 2.45) is 4.99 Å². The number of aliphatic imine (C=N–C) groups is 1. The summed E-state index contributed by atoms with van der Waals surface area (Å²) in [6, 6.07) is 36.4. The summed E-state index contributed by atoms with van der Waals surface area (Å²) in [5, 5.41) is 7.38. The highest BCUT2D eigenvalue weighted by molar-refractivity contribution is 6.26. The number of hydrogen-bond acceptors (Lipinski definition) is 4. The Bertz CT molecular complexity index is 2140. The van der Waals surface area contributed by atoms with Crippen LogP contribution in [0.4, 0.5) is 0 Å². The molecule has 0 amide bonds. The number of pyridine rings is 3. The van der Waals surface area contributed by atoms with Crippen LogP contribution in [0.5, 0.6) is 0 Å². The molecule has 8 rings (SSSR count). The molecule has 4 heteroatoms. The standard InChI is InChI=1S/C38H26N4/c1-2-8-30-29(7-1)33-21-25(37-17-13-27(23-41-37)35-9-3-5-19-39-35)11-15-31(33)32-16-12-26(22-34(30)32)38-18-14-28(24-42-38)36-10-4-6-20-40-36/h1-5,7-19,21-24H,6,20H2.